The molecule has 0 spiro atoms. The molecule has 1 aliphatic heterocycles. The maximum atomic E-state index is 14.4. The van der Waals surface area contributed by atoms with E-state index in [1.807, 2.05) is 13.0 Å². The van der Waals surface area contributed by atoms with E-state index in [0.29, 0.717) is 78.3 Å². The van der Waals surface area contributed by atoms with Crippen molar-refractivity contribution in [2.45, 2.75) is 68.1 Å². The van der Waals surface area contributed by atoms with Gasteiger partial charge in [0.25, 0.3) is 10.0 Å². The summed E-state index contributed by atoms with van der Waals surface area (Å²) in [4.78, 5) is 12.3. The fourth-order valence-electron chi connectivity index (χ4n) is 6.21. The van der Waals surface area contributed by atoms with Gasteiger partial charge in [0.1, 0.15) is 45.9 Å². The molecule has 0 atom stereocenters. The number of hydrogen-bond acceptors (Lipinski definition) is 9. The summed E-state index contributed by atoms with van der Waals surface area (Å²) in [6.07, 6.45) is 8.09. The third-order valence-electron chi connectivity index (χ3n) is 8.74. The minimum atomic E-state index is -4.49. The van der Waals surface area contributed by atoms with Gasteiger partial charge >= 0.3 is 0 Å². The molecule has 0 amide bonds. The third kappa shape index (κ3) is 6.87. The second kappa shape index (κ2) is 13.3. The second-order valence-electron chi connectivity index (χ2n) is 11.8. The van der Waals surface area contributed by atoms with Gasteiger partial charge in [-0.15, -0.1) is 0 Å². The summed E-state index contributed by atoms with van der Waals surface area (Å²) in [6.45, 7) is 2.57. The molecule has 0 unspecified atom stereocenters. The van der Waals surface area contributed by atoms with Crippen molar-refractivity contribution in [2.75, 3.05) is 24.9 Å². The molecular weight excluding hydrogens is 653 g/mol. The number of benzene rings is 2. The van der Waals surface area contributed by atoms with Crippen LogP contribution in [-0.2, 0) is 20.0 Å². The maximum absolute atomic E-state index is 14.4. The number of aromatic nitrogens is 3. The van der Waals surface area contributed by atoms with E-state index >= 15 is 0 Å². The summed E-state index contributed by atoms with van der Waals surface area (Å²) in [5.41, 5.74) is 2.28. The molecule has 3 heterocycles. The first-order valence-electron chi connectivity index (χ1n) is 15.4. The number of pyridine rings is 1. The third-order valence-corrected chi connectivity index (χ3v) is 12.5. The van der Waals surface area contributed by atoms with Gasteiger partial charge in [0.2, 0.25) is 15.9 Å². The Morgan fingerprint density at radius 2 is 1.64 bits per heavy atom. The normalized spacial score (nSPS) is 17.1. The number of nitrogens with one attached hydrogen (secondary N) is 1. The standard InChI is InChI=1S/C32H35F2N5O6S2/c1-20-26-14-21(22-15-28(32(44-2)35-18-22)38-46(40,41)30-9-8-23(33)17-27(30)34)16-29(31(26)37-19-36-20)45-24-10-12-39(13-11-24)47(42,43)25-6-4-3-5-7-25/h8-9,14-19,24-25,38H,3-7,10-13H2,1-2H3. The van der Waals surface area contributed by atoms with Crippen LogP contribution in [0, 0.1) is 18.6 Å². The zero-order valence-corrected chi connectivity index (χ0v) is 27.6. The predicted octanol–water partition coefficient (Wildman–Crippen LogP) is 5.59. The summed E-state index contributed by atoms with van der Waals surface area (Å²) in [5, 5.41) is 0.389. The average Bonchev–Trinajstić information content (AvgIpc) is 3.05. The van der Waals surface area contributed by atoms with Crippen LogP contribution in [0.15, 0.2) is 53.8 Å². The van der Waals surface area contributed by atoms with E-state index in [1.54, 1.807) is 10.4 Å². The van der Waals surface area contributed by atoms with Gasteiger partial charge in [-0.05, 0) is 68.5 Å². The van der Waals surface area contributed by atoms with E-state index in [2.05, 4.69) is 19.7 Å². The molecule has 1 N–H and O–H groups in total. The number of nitrogens with zero attached hydrogens (tertiary/aromatic N) is 4. The highest BCUT2D eigenvalue weighted by Crippen LogP contribution is 2.37. The first kappa shape index (κ1) is 33.0. The first-order chi connectivity index (χ1) is 22.5. The number of hydrogen-bond donors (Lipinski definition) is 1. The number of piperidine rings is 1. The SMILES string of the molecule is COc1ncc(-c2cc(OC3CCN(S(=O)(=O)C4CCCCC4)CC3)c3ncnc(C)c3c2)cc1NS(=O)(=O)c1ccc(F)cc1F. The number of aryl methyl sites for hydroxylation is 1. The molecule has 15 heteroatoms. The number of sulfonamides is 2. The lowest BCUT2D eigenvalue weighted by Crippen LogP contribution is -2.46. The van der Waals surface area contributed by atoms with Crippen LogP contribution < -0.4 is 14.2 Å². The van der Waals surface area contributed by atoms with Crippen molar-refractivity contribution in [3.8, 4) is 22.8 Å². The van der Waals surface area contributed by atoms with Crippen LogP contribution in [0.4, 0.5) is 14.5 Å². The van der Waals surface area contributed by atoms with Gasteiger partial charge in [0, 0.05) is 42.0 Å². The van der Waals surface area contributed by atoms with E-state index in [0.717, 1.165) is 31.4 Å². The topological polar surface area (TPSA) is 141 Å². The summed E-state index contributed by atoms with van der Waals surface area (Å²) < 4.78 is 96.2. The van der Waals surface area contributed by atoms with Gasteiger partial charge in [0.15, 0.2) is 0 Å². The number of ether oxygens (including phenoxy) is 2. The van der Waals surface area contributed by atoms with Crippen molar-refractivity contribution in [3.05, 3.63) is 66.3 Å². The van der Waals surface area contributed by atoms with Crippen LogP contribution in [0.25, 0.3) is 22.0 Å². The Kier molecular flexibility index (Phi) is 9.31. The van der Waals surface area contributed by atoms with Gasteiger partial charge < -0.3 is 9.47 Å². The Morgan fingerprint density at radius 1 is 0.894 bits per heavy atom. The molecule has 0 bridgehead atoms. The van der Waals surface area contributed by atoms with Crippen LogP contribution in [0.1, 0.15) is 50.6 Å². The molecule has 1 saturated carbocycles. The monoisotopic (exact) mass is 687 g/mol. The maximum Gasteiger partial charge on any atom is 0.264 e. The molecule has 2 fully saturated rings. The lowest BCUT2D eigenvalue weighted by Gasteiger charge is -2.35. The summed E-state index contributed by atoms with van der Waals surface area (Å²) in [5.74, 6) is -1.76. The van der Waals surface area contributed by atoms with E-state index < -0.39 is 36.6 Å². The Balaban J connectivity index is 1.29. The van der Waals surface area contributed by atoms with Gasteiger partial charge in [-0.2, -0.15) is 0 Å². The smallest absolute Gasteiger partial charge is 0.264 e. The van der Waals surface area contributed by atoms with Crippen molar-refractivity contribution < 1.29 is 35.1 Å². The Morgan fingerprint density at radius 3 is 2.34 bits per heavy atom. The zero-order chi connectivity index (χ0) is 33.3. The number of halogens is 2. The number of anilines is 1. The highest BCUT2D eigenvalue weighted by atomic mass is 32.2. The summed E-state index contributed by atoms with van der Waals surface area (Å²) in [7, 11) is -6.53. The minimum absolute atomic E-state index is 0.0634. The molecule has 11 nitrogen and oxygen atoms in total. The Hall–Kier alpha value is -3.95. The molecule has 250 valence electrons. The number of fused-ring (bicyclic) bond motifs is 1. The van der Waals surface area contributed by atoms with Crippen molar-refractivity contribution in [2.24, 2.45) is 0 Å². The molecule has 2 aromatic heterocycles. The van der Waals surface area contributed by atoms with Crippen LogP contribution in [0.3, 0.4) is 0 Å². The van der Waals surface area contributed by atoms with E-state index in [4.69, 9.17) is 9.47 Å². The highest BCUT2D eigenvalue weighted by Gasteiger charge is 2.36. The predicted molar refractivity (Wildman–Crippen MR) is 172 cm³/mol. The van der Waals surface area contributed by atoms with Crippen molar-refractivity contribution in [3.63, 3.8) is 0 Å². The van der Waals surface area contributed by atoms with Crippen molar-refractivity contribution in [1.82, 2.24) is 19.3 Å². The summed E-state index contributed by atoms with van der Waals surface area (Å²) >= 11 is 0. The zero-order valence-electron chi connectivity index (χ0n) is 25.9. The van der Waals surface area contributed by atoms with Gasteiger partial charge in [-0.25, -0.2) is 44.9 Å². The van der Waals surface area contributed by atoms with Crippen LogP contribution in [-0.4, -0.2) is 67.6 Å². The molecule has 1 aliphatic carbocycles. The van der Waals surface area contributed by atoms with E-state index in [1.165, 1.54) is 25.7 Å². The fraction of sp³-hybridized carbons (Fsp3) is 0.406. The van der Waals surface area contributed by atoms with Crippen molar-refractivity contribution in [1.29, 1.82) is 0 Å². The van der Waals surface area contributed by atoms with E-state index in [-0.39, 0.29) is 22.9 Å². The van der Waals surface area contributed by atoms with Gasteiger partial charge in [0.05, 0.1) is 12.4 Å². The lowest BCUT2D eigenvalue weighted by atomic mass is 10.0. The molecule has 47 heavy (non-hydrogen) atoms. The molecule has 6 rings (SSSR count). The largest absolute Gasteiger partial charge is 0.488 e. The highest BCUT2D eigenvalue weighted by molar-refractivity contribution is 7.92. The summed E-state index contributed by atoms with van der Waals surface area (Å²) in [6, 6.07) is 7.26. The fourth-order valence-corrected chi connectivity index (χ4v) is 9.39. The molecule has 1 saturated heterocycles. The lowest BCUT2D eigenvalue weighted by molar-refractivity contribution is 0.136. The number of methoxy groups -OCH3 is 1. The van der Waals surface area contributed by atoms with Crippen LogP contribution in [0.2, 0.25) is 0 Å². The Labute approximate surface area is 272 Å². The van der Waals surface area contributed by atoms with Crippen LogP contribution in [0.5, 0.6) is 11.6 Å². The first-order valence-corrected chi connectivity index (χ1v) is 18.4. The molecule has 2 aromatic carbocycles. The molecular formula is C32H35F2N5O6S2. The van der Waals surface area contributed by atoms with Crippen LogP contribution >= 0.6 is 0 Å². The average molecular weight is 688 g/mol. The molecule has 0 radical (unpaired) electrons. The molecule has 4 aromatic rings. The number of rotatable bonds is 9. The van der Waals surface area contributed by atoms with Gasteiger partial charge in [-0.1, -0.05) is 19.3 Å². The molecule has 2 aliphatic rings. The Bertz CT molecular complexity index is 2020. The van der Waals surface area contributed by atoms with Crippen molar-refractivity contribution >= 4 is 36.6 Å². The second-order valence-corrected chi connectivity index (χ2v) is 15.7. The quantitative estimate of drug-likeness (QED) is 0.238. The van der Waals surface area contributed by atoms with Gasteiger partial charge in [-0.3, -0.25) is 4.72 Å². The van der Waals surface area contributed by atoms with E-state index in [9.17, 15) is 25.6 Å². The minimum Gasteiger partial charge on any atom is -0.488 e.